The number of carbonyl (C=O) groups excluding carboxylic acids is 2. The van der Waals surface area contributed by atoms with Gasteiger partial charge in [-0.1, -0.05) is 42.5 Å². The highest BCUT2D eigenvalue weighted by atomic mass is 19.1. The fourth-order valence-corrected chi connectivity index (χ4v) is 3.48. The first-order chi connectivity index (χ1) is 15.3. The van der Waals surface area contributed by atoms with Crippen LogP contribution in [0.4, 0.5) is 4.39 Å². The summed E-state index contributed by atoms with van der Waals surface area (Å²) in [5, 5.41) is 0. The standard InChI is InChI=1S/C26H29FN2O3/c1-19(2)29(26(31)23-11-7-8-12-24(23)27)18-25(30)28(17-22-14-13-20(3)32-22)16-15-21-9-5-4-6-10-21/h4-14,19H,15-18H2,1-3H3. The van der Waals surface area contributed by atoms with Gasteiger partial charge in [0.2, 0.25) is 5.91 Å². The van der Waals surface area contributed by atoms with E-state index >= 15 is 0 Å². The van der Waals surface area contributed by atoms with Gasteiger partial charge in [0.25, 0.3) is 5.91 Å². The third-order valence-corrected chi connectivity index (χ3v) is 5.30. The summed E-state index contributed by atoms with van der Waals surface area (Å²) in [5.41, 5.74) is 1.08. The van der Waals surface area contributed by atoms with E-state index in [0.29, 0.717) is 25.3 Å². The molecule has 0 bridgehead atoms. The van der Waals surface area contributed by atoms with E-state index in [1.165, 1.54) is 23.1 Å². The summed E-state index contributed by atoms with van der Waals surface area (Å²) in [7, 11) is 0. The molecule has 0 saturated carbocycles. The van der Waals surface area contributed by atoms with E-state index in [1.807, 2.05) is 63.2 Å². The number of benzene rings is 2. The Morgan fingerprint density at radius 3 is 2.28 bits per heavy atom. The number of aryl methyl sites for hydroxylation is 1. The molecule has 2 amide bonds. The average molecular weight is 437 g/mol. The predicted molar refractivity (Wildman–Crippen MR) is 122 cm³/mol. The molecule has 0 aliphatic rings. The van der Waals surface area contributed by atoms with Crippen LogP contribution in [-0.4, -0.2) is 40.7 Å². The molecule has 3 rings (SSSR count). The Morgan fingerprint density at radius 1 is 0.969 bits per heavy atom. The van der Waals surface area contributed by atoms with Crippen molar-refractivity contribution in [2.75, 3.05) is 13.1 Å². The Hall–Kier alpha value is -3.41. The number of halogens is 1. The Morgan fingerprint density at radius 2 is 1.66 bits per heavy atom. The second kappa shape index (κ2) is 10.8. The molecule has 0 fully saturated rings. The Kier molecular flexibility index (Phi) is 7.82. The summed E-state index contributed by atoms with van der Waals surface area (Å²) in [6, 6.07) is 19.2. The number of furan rings is 1. The average Bonchev–Trinajstić information content (AvgIpc) is 3.19. The van der Waals surface area contributed by atoms with Crippen LogP contribution in [-0.2, 0) is 17.8 Å². The molecular formula is C26H29FN2O3. The van der Waals surface area contributed by atoms with E-state index in [-0.39, 0.29) is 24.1 Å². The Balaban J connectivity index is 1.78. The summed E-state index contributed by atoms with van der Waals surface area (Å²) in [6.45, 7) is 6.13. The molecule has 0 N–H and O–H groups in total. The maximum absolute atomic E-state index is 14.2. The number of hydrogen-bond donors (Lipinski definition) is 0. The SMILES string of the molecule is Cc1ccc(CN(CCc2ccccc2)C(=O)CN(C(=O)c2ccccc2F)C(C)C)o1. The molecule has 6 heteroatoms. The van der Waals surface area contributed by atoms with Crippen LogP contribution in [0.25, 0.3) is 0 Å². The monoisotopic (exact) mass is 436 g/mol. The van der Waals surface area contributed by atoms with Gasteiger partial charge in [0.15, 0.2) is 0 Å². The summed E-state index contributed by atoms with van der Waals surface area (Å²) in [6.07, 6.45) is 0.676. The van der Waals surface area contributed by atoms with E-state index < -0.39 is 11.7 Å². The van der Waals surface area contributed by atoms with Gasteiger partial charge in [-0.05, 0) is 57.0 Å². The predicted octanol–water partition coefficient (Wildman–Crippen LogP) is 4.85. The number of hydrogen-bond acceptors (Lipinski definition) is 3. The number of carbonyl (C=O) groups is 2. The van der Waals surface area contributed by atoms with Crippen molar-refractivity contribution in [2.24, 2.45) is 0 Å². The van der Waals surface area contributed by atoms with Crippen molar-refractivity contribution < 1.29 is 18.4 Å². The van der Waals surface area contributed by atoms with Gasteiger partial charge in [-0.2, -0.15) is 0 Å². The van der Waals surface area contributed by atoms with E-state index in [4.69, 9.17) is 4.42 Å². The second-order valence-corrected chi connectivity index (χ2v) is 8.07. The summed E-state index contributed by atoms with van der Waals surface area (Å²) >= 11 is 0. The lowest BCUT2D eigenvalue weighted by molar-refractivity contribution is -0.133. The van der Waals surface area contributed by atoms with Gasteiger partial charge in [-0.25, -0.2) is 4.39 Å². The molecule has 2 aromatic carbocycles. The van der Waals surface area contributed by atoms with Crippen molar-refractivity contribution in [3.8, 4) is 0 Å². The van der Waals surface area contributed by atoms with Crippen molar-refractivity contribution >= 4 is 11.8 Å². The molecule has 0 aliphatic carbocycles. The topological polar surface area (TPSA) is 53.8 Å². The van der Waals surface area contributed by atoms with E-state index in [1.54, 1.807) is 11.0 Å². The molecule has 1 heterocycles. The smallest absolute Gasteiger partial charge is 0.257 e. The van der Waals surface area contributed by atoms with Crippen LogP contribution < -0.4 is 0 Å². The lowest BCUT2D eigenvalue weighted by Crippen LogP contribution is -2.46. The van der Waals surface area contributed by atoms with Crippen LogP contribution in [0.3, 0.4) is 0 Å². The maximum Gasteiger partial charge on any atom is 0.257 e. The highest BCUT2D eigenvalue weighted by molar-refractivity contribution is 5.97. The molecule has 0 radical (unpaired) electrons. The molecule has 32 heavy (non-hydrogen) atoms. The Labute approximate surface area is 188 Å². The van der Waals surface area contributed by atoms with Crippen LogP contribution in [0.1, 0.15) is 41.3 Å². The molecule has 1 aromatic heterocycles. The minimum absolute atomic E-state index is 0.0357. The Bertz CT molecular complexity index is 1050. The van der Waals surface area contributed by atoms with Gasteiger partial charge < -0.3 is 14.2 Å². The van der Waals surface area contributed by atoms with Gasteiger partial charge in [0.1, 0.15) is 23.9 Å². The molecule has 5 nitrogen and oxygen atoms in total. The van der Waals surface area contributed by atoms with Gasteiger partial charge in [-0.3, -0.25) is 9.59 Å². The largest absolute Gasteiger partial charge is 0.464 e. The fraction of sp³-hybridized carbons (Fsp3) is 0.308. The van der Waals surface area contributed by atoms with E-state index in [2.05, 4.69) is 0 Å². The molecular weight excluding hydrogens is 407 g/mol. The van der Waals surface area contributed by atoms with Crippen LogP contribution in [0.2, 0.25) is 0 Å². The molecule has 168 valence electrons. The first-order valence-corrected chi connectivity index (χ1v) is 10.8. The second-order valence-electron chi connectivity index (χ2n) is 8.07. The molecule has 0 spiro atoms. The van der Waals surface area contributed by atoms with Crippen molar-refractivity contribution in [1.82, 2.24) is 9.80 Å². The van der Waals surface area contributed by atoms with Crippen molar-refractivity contribution in [1.29, 1.82) is 0 Å². The zero-order valence-corrected chi connectivity index (χ0v) is 18.8. The quantitative estimate of drug-likeness (QED) is 0.482. The zero-order chi connectivity index (χ0) is 23.1. The van der Waals surface area contributed by atoms with Crippen LogP contribution in [0, 0.1) is 12.7 Å². The molecule has 0 saturated heterocycles. The van der Waals surface area contributed by atoms with Gasteiger partial charge in [0.05, 0.1) is 12.1 Å². The third-order valence-electron chi connectivity index (χ3n) is 5.30. The van der Waals surface area contributed by atoms with E-state index in [9.17, 15) is 14.0 Å². The molecule has 3 aromatic rings. The van der Waals surface area contributed by atoms with Crippen molar-refractivity contribution in [3.63, 3.8) is 0 Å². The lowest BCUT2D eigenvalue weighted by atomic mass is 10.1. The summed E-state index contributed by atoms with van der Waals surface area (Å²) < 4.78 is 19.9. The third kappa shape index (κ3) is 6.06. The molecule has 0 atom stereocenters. The number of nitrogens with zero attached hydrogens (tertiary/aromatic N) is 2. The zero-order valence-electron chi connectivity index (χ0n) is 18.8. The highest BCUT2D eigenvalue weighted by Gasteiger charge is 2.26. The fourth-order valence-electron chi connectivity index (χ4n) is 3.48. The van der Waals surface area contributed by atoms with Crippen LogP contribution >= 0.6 is 0 Å². The maximum atomic E-state index is 14.2. The number of rotatable bonds is 9. The highest BCUT2D eigenvalue weighted by Crippen LogP contribution is 2.15. The van der Waals surface area contributed by atoms with Gasteiger partial charge in [0, 0.05) is 12.6 Å². The first-order valence-electron chi connectivity index (χ1n) is 10.8. The lowest BCUT2D eigenvalue weighted by Gasteiger charge is -2.30. The van der Waals surface area contributed by atoms with Crippen LogP contribution in [0.15, 0.2) is 71.1 Å². The minimum atomic E-state index is -0.595. The minimum Gasteiger partial charge on any atom is -0.464 e. The van der Waals surface area contributed by atoms with E-state index in [0.717, 1.165) is 11.3 Å². The summed E-state index contributed by atoms with van der Waals surface area (Å²) in [4.78, 5) is 29.4. The number of amides is 2. The first kappa shape index (κ1) is 23.3. The molecule has 0 aliphatic heterocycles. The van der Waals surface area contributed by atoms with Crippen molar-refractivity contribution in [2.45, 2.75) is 39.8 Å². The van der Waals surface area contributed by atoms with Crippen molar-refractivity contribution in [3.05, 3.63) is 95.2 Å². The summed E-state index contributed by atoms with van der Waals surface area (Å²) in [5.74, 6) is 0.147. The normalized spacial score (nSPS) is 10.9. The molecule has 0 unspecified atom stereocenters. The van der Waals surface area contributed by atoms with Crippen LogP contribution in [0.5, 0.6) is 0 Å². The van der Waals surface area contributed by atoms with Gasteiger partial charge in [-0.15, -0.1) is 0 Å². The van der Waals surface area contributed by atoms with Gasteiger partial charge >= 0.3 is 0 Å².